The number of hydrogen-bond donors (Lipinski definition) is 1. The van der Waals surface area contributed by atoms with Crippen molar-refractivity contribution in [2.75, 3.05) is 11.9 Å². The molecule has 1 aliphatic rings. The number of hydrogen-bond acceptors (Lipinski definition) is 5. The molecule has 4 rings (SSSR count). The minimum Gasteiger partial charge on any atom is -0.483 e. The van der Waals surface area contributed by atoms with Crippen LogP contribution in [0.25, 0.3) is 6.08 Å². The van der Waals surface area contributed by atoms with Crippen molar-refractivity contribution in [2.45, 2.75) is 6.54 Å². The maximum Gasteiger partial charge on any atom is 0.293 e. The van der Waals surface area contributed by atoms with Gasteiger partial charge in [0.25, 0.3) is 17.1 Å². The van der Waals surface area contributed by atoms with E-state index >= 15 is 0 Å². The number of thioether (sulfide) groups is 1. The number of imide groups is 1. The SMILES string of the molecule is O=C(COc1ccccc1/C=C1\SC(=O)N(Cc2ccc(Cl)c(Cl)c2)C1=O)Nc1ccccc1Cl. The van der Waals surface area contributed by atoms with Crippen molar-refractivity contribution in [3.63, 3.8) is 0 Å². The molecule has 1 N–H and O–H groups in total. The summed E-state index contributed by atoms with van der Waals surface area (Å²) in [6.45, 7) is -0.200. The zero-order valence-corrected chi connectivity index (χ0v) is 21.0. The summed E-state index contributed by atoms with van der Waals surface area (Å²) in [6, 6.07) is 18.7. The van der Waals surface area contributed by atoms with Crippen LogP contribution in [0, 0.1) is 0 Å². The van der Waals surface area contributed by atoms with E-state index < -0.39 is 17.1 Å². The number of carbonyl (C=O) groups is 3. The Labute approximate surface area is 220 Å². The van der Waals surface area contributed by atoms with E-state index in [4.69, 9.17) is 39.5 Å². The highest BCUT2D eigenvalue weighted by Crippen LogP contribution is 2.35. The van der Waals surface area contributed by atoms with Crippen LogP contribution in [0.4, 0.5) is 10.5 Å². The molecule has 0 radical (unpaired) electrons. The molecule has 0 bridgehead atoms. The fourth-order valence-electron chi connectivity index (χ4n) is 3.22. The van der Waals surface area contributed by atoms with Crippen molar-refractivity contribution in [2.24, 2.45) is 0 Å². The number of nitrogens with one attached hydrogen (secondary N) is 1. The molecular formula is C25H17Cl3N2O4S. The summed E-state index contributed by atoms with van der Waals surface area (Å²) in [5.74, 6) is -0.440. The summed E-state index contributed by atoms with van der Waals surface area (Å²) >= 11 is 18.9. The first-order valence-corrected chi connectivity index (χ1v) is 12.2. The monoisotopic (exact) mass is 546 g/mol. The summed E-state index contributed by atoms with van der Waals surface area (Å²) in [5, 5.41) is 3.43. The van der Waals surface area contributed by atoms with Crippen molar-refractivity contribution in [3.8, 4) is 5.75 Å². The van der Waals surface area contributed by atoms with Gasteiger partial charge in [0, 0.05) is 5.56 Å². The Kier molecular flexibility index (Phi) is 8.03. The van der Waals surface area contributed by atoms with Gasteiger partial charge in [-0.05, 0) is 53.7 Å². The third-order valence-electron chi connectivity index (χ3n) is 4.91. The third kappa shape index (κ3) is 6.18. The highest BCUT2D eigenvalue weighted by molar-refractivity contribution is 8.18. The Bertz CT molecular complexity index is 1350. The predicted octanol–water partition coefficient (Wildman–Crippen LogP) is 6.90. The van der Waals surface area contributed by atoms with E-state index in [2.05, 4.69) is 5.32 Å². The molecule has 10 heteroatoms. The second-order valence-corrected chi connectivity index (χ2v) is 9.59. The van der Waals surface area contributed by atoms with Gasteiger partial charge in [-0.25, -0.2) is 0 Å². The largest absolute Gasteiger partial charge is 0.483 e. The van der Waals surface area contributed by atoms with E-state index in [1.807, 2.05) is 0 Å². The summed E-state index contributed by atoms with van der Waals surface area (Å²) in [5.41, 5.74) is 1.71. The summed E-state index contributed by atoms with van der Waals surface area (Å²) in [4.78, 5) is 39.1. The predicted molar refractivity (Wildman–Crippen MR) is 140 cm³/mol. The lowest BCUT2D eigenvalue weighted by Gasteiger charge is -2.13. The molecule has 1 aliphatic heterocycles. The second-order valence-electron chi connectivity index (χ2n) is 7.37. The first kappa shape index (κ1) is 25.1. The number of rotatable bonds is 7. The smallest absolute Gasteiger partial charge is 0.293 e. The summed E-state index contributed by atoms with van der Waals surface area (Å²) in [6.07, 6.45) is 1.57. The average molecular weight is 548 g/mol. The zero-order chi connectivity index (χ0) is 24.9. The Morgan fingerprint density at radius 2 is 1.69 bits per heavy atom. The molecule has 3 amide bonds. The molecule has 1 heterocycles. The Morgan fingerprint density at radius 1 is 0.943 bits per heavy atom. The van der Waals surface area contributed by atoms with Gasteiger partial charge in [-0.1, -0.05) is 71.2 Å². The van der Waals surface area contributed by atoms with Crippen LogP contribution in [0.1, 0.15) is 11.1 Å². The van der Waals surface area contributed by atoms with Crippen LogP contribution >= 0.6 is 46.6 Å². The summed E-state index contributed by atoms with van der Waals surface area (Å²) in [7, 11) is 0. The lowest BCUT2D eigenvalue weighted by Crippen LogP contribution is -2.27. The quantitative estimate of drug-likeness (QED) is 0.326. The number of para-hydroxylation sites is 2. The maximum atomic E-state index is 12.9. The second kappa shape index (κ2) is 11.2. The topological polar surface area (TPSA) is 75.7 Å². The molecule has 1 saturated heterocycles. The van der Waals surface area contributed by atoms with Crippen LogP contribution in [0.15, 0.2) is 71.6 Å². The van der Waals surface area contributed by atoms with Gasteiger partial charge in [0.15, 0.2) is 6.61 Å². The minimum absolute atomic E-state index is 0.0687. The molecule has 35 heavy (non-hydrogen) atoms. The van der Waals surface area contributed by atoms with Gasteiger partial charge in [0.05, 0.1) is 32.2 Å². The minimum atomic E-state index is -0.433. The van der Waals surface area contributed by atoms with Gasteiger partial charge < -0.3 is 10.1 Å². The van der Waals surface area contributed by atoms with Crippen LogP contribution in [-0.4, -0.2) is 28.6 Å². The van der Waals surface area contributed by atoms with Gasteiger partial charge in [-0.2, -0.15) is 0 Å². The van der Waals surface area contributed by atoms with E-state index in [0.717, 1.165) is 16.7 Å². The van der Waals surface area contributed by atoms with Gasteiger partial charge in [0.2, 0.25) is 0 Å². The van der Waals surface area contributed by atoms with E-state index in [-0.39, 0.29) is 18.1 Å². The van der Waals surface area contributed by atoms with Crippen molar-refractivity contribution in [1.82, 2.24) is 4.90 Å². The van der Waals surface area contributed by atoms with E-state index in [9.17, 15) is 14.4 Å². The van der Waals surface area contributed by atoms with Gasteiger partial charge in [0.1, 0.15) is 5.75 Å². The number of amides is 3. The number of halogens is 3. The molecule has 0 saturated carbocycles. The van der Waals surface area contributed by atoms with Crippen molar-refractivity contribution in [1.29, 1.82) is 0 Å². The molecule has 6 nitrogen and oxygen atoms in total. The van der Waals surface area contributed by atoms with Crippen LogP contribution in [0.5, 0.6) is 5.75 Å². The van der Waals surface area contributed by atoms with Crippen LogP contribution in [-0.2, 0) is 16.1 Å². The maximum absolute atomic E-state index is 12.9. The normalized spacial score (nSPS) is 14.5. The molecule has 0 unspecified atom stereocenters. The average Bonchev–Trinajstić information content (AvgIpc) is 3.09. The number of anilines is 1. The number of carbonyl (C=O) groups excluding carboxylic acids is 3. The van der Waals surface area contributed by atoms with Gasteiger partial charge in [-0.3, -0.25) is 19.3 Å². The Hall–Kier alpha value is -2.97. The molecule has 0 aliphatic carbocycles. The molecule has 0 spiro atoms. The fourth-order valence-corrected chi connectivity index (χ4v) is 4.55. The van der Waals surface area contributed by atoms with Gasteiger partial charge >= 0.3 is 0 Å². The Morgan fingerprint density at radius 3 is 2.46 bits per heavy atom. The van der Waals surface area contributed by atoms with Gasteiger partial charge in [-0.15, -0.1) is 0 Å². The molecular weight excluding hydrogens is 531 g/mol. The lowest BCUT2D eigenvalue weighted by molar-refractivity contribution is -0.123. The van der Waals surface area contributed by atoms with Crippen LogP contribution < -0.4 is 10.1 Å². The summed E-state index contributed by atoms with van der Waals surface area (Å²) < 4.78 is 5.68. The van der Waals surface area contributed by atoms with Crippen molar-refractivity contribution < 1.29 is 19.1 Å². The molecule has 3 aromatic carbocycles. The fraction of sp³-hybridized carbons (Fsp3) is 0.0800. The number of nitrogens with zero attached hydrogens (tertiary/aromatic N) is 1. The van der Waals surface area contributed by atoms with Crippen molar-refractivity contribution in [3.05, 3.63) is 97.8 Å². The van der Waals surface area contributed by atoms with E-state index in [1.54, 1.807) is 72.8 Å². The highest BCUT2D eigenvalue weighted by Gasteiger charge is 2.35. The van der Waals surface area contributed by atoms with Crippen molar-refractivity contribution >= 4 is 75.4 Å². The third-order valence-corrected chi connectivity index (χ3v) is 6.89. The van der Waals surface area contributed by atoms with E-state index in [1.165, 1.54) is 0 Å². The highest BCUT2D eigenvalue weighted by atomic mass is 35.5. The molecule has 178 valence electrons. The molecule has 0 aromatic heterocycles. The molecule has 0 atom stereocenters. The zero-order valence-electron chi connectivity index (χ0n) is 18.0. The van der Waals surface area contributed by atoms with Crippen LogP contribution in [0.3, 0.4) is 0 Å². The van der Waals surface area contributed by atoms with Crippen LogP contribution in [0.2, 0.25) is 15.1 Å². The molecule has 3 aromatic rings. The Balaban J connectivity index is 1.45. The number of benzene rings is 3. The first-order valence-electron chi connectivity index (χ1n) is 10.3. The molecule has 1 fully saturated rings. The lowest BCUT2D eigenvalue weighted by atomic mass is 10.1. The first-order chi connectivity index (χ1) is 16.8. The standard InChI is InChI=1S/C25H17Cl3N2O4S/c26-17-10-9-15(11-19(17)28)13-30-24(32)22(35-25(30)33)12-16-5-1-4-8-21(16)34-14-23(31)29-20-7-3-2-6-18(20)27/h1-12H,13-14H2,(H,29,31)/b22-12-. The number of ether oxygens (including phenoxy) is 1. The van der Waals surface area contributed by atoms with E-state index in [0.29, 0.717) is 37.6 Å².